The Morgan fingerprint density at radius 3 is 2.76 bits per heavy atom. The van der Waals surface area contributed by atoms with E-state index in [-0.39, 0.29) is 22.6 Å². The highest BCUT2D eigenvalue weighted by atomic mass is 35.5. The predicted molar refractivity (Wildman–Crippen MR) is 101 cm³/mol. The molecule has 2 aromatic rings. The molecular formula is C19H16Cl2N2O2. The average Bonchev–Trinajstić information content (AvgIpc) is 3.07. The summed E-state index contributed by atoms with van der Waals surface area (Å²) in [5, 5.41) is 15.9. The van der Waals surface area contributed by atoms with Gasteiger partial charge in [-0.1, -0.05) is 47.5 Å². The summed E-state index contributed by atoms with van der Waals surface area (Å²) in [4.78, 5) is 11.0. The minimum Gasteiger partial charge on any atom is -0.377 e. The molecule has 0 bridgehead atoms. The second kappa shape index (κ2) is 6.04. The van der Waals surface area contributed by atoms with Crippen molar-refractivity contribution in [3.63, 3.8) is 0 Å². The van der Waals surface area contributed by atoms with Crippen LogP contribution in [0.3, 0.4) is 0 Å². The fourth-order valence-corrected chi connectivity index (χ4v) is 4.50. The molecule has 3 atom stereocenters. The SMILES string of the molecule is Cc1c([N+](=O)[O-])ccc2c1NC(c1cccc(Cl)c1Cl)C1CC=CC21. The molecule has 128 valence electrons. The van der Waals surface area contributed by atoms with Gasteiger partial charge in [0.05, 0.1) is 26.6 Å². The van der Waals surface area contributed by atoms with Gasteiger partial charge in [0.25, 0.3) is 5.69 Å². The van der Waals surface area contributed by atoms with Crippen LogP contribution in [-0.2, 0) is 0 Å². The molecule has 25 heavy (non-hydrogen) atoms. The number of halogens is 2. The highest BCUT2D eigenvalue weighted by molar-refractivity contribution is 6.42. The largest absolute Gasteiger partial charge is 0.377 e. The zero-order valence-corrected chi connectivity index (χ0v) is 15.0. The van der Waals surface area contributed by atoms with Crippen LogP contribution in [0.2, 0.25) is 10.0 Å². The number of hydrogen-bond donors (Lipinski definition) is 1. The van der Waals surface area contributed by atoms with Crippen LogP contribution in [0.5, 0.6) is 0 Å². The number of rotatable bonds is 2. The number of nitro benzene ring substituents is 1. The van der Waals surface area contributed by atoms with Crippen molar-refractivity contribution < 1.29 is 4.92 Å². The normalized spacial score (nSPS) is 23.7. The number of allylic oxidation sites excluding steroid dienone is 2. The smallest absolute Gasteiger partial charge is 0.274 e. The third-order valence-electron chi connectivity index (χ3n) is 5.28. The van der Waals surface area contributed by atoms with Crippen LogP contribution in [-0.4, -0.2) is 4.92 Å². The van der Waals surface area contributed by atoms with Crippen molar-refractivity contribution in [2.75, 3.05) is 5.32 Å². The Hall–Kier alpha value is -2.04. The third-order valence-corrected chi connectivity index (χ3v) is 6.12. The zero-order chi connectivity index (χ0) is 17.7. The first-order valence-corrected chi connectivity index (χ1v) is 8.89. The number of nitrogens with one attached hydrogen (secondary N) is 1. The lowest BCUT2D eigenvalue weighted by molar-refractivity contribution is -0.385. The molecule has 4 rings (SSSR count). The minimum atomic E-state index is -0.338. The number of nitro groups is 1. The van der Waals surface area contributed by atoms with E-state index in [1.54, 1.807) is 19.1 Å². The molecule has 1 aliphatic carbocycles. The van der Waals surface area contributed by atoms with Crippen LogP contribution in [0.1, 0.15) is 35.1 Å². The molecule has 3 unspecified atom stereocenters. The van der Waals surface area contributed by atoms with Crippen molar-refractivity contribution in [2.24, 2.45) is 5.92 Å². The van der Waals surface area contributed by atoms with E-state index in [1.165, 1.54) is 0 Å². The molecule has 0 radical (unpaired) electrons. The van der Waals surface area contributed by atoms with Gasteiger partial charge in [-0.25, -0.2) is 0 Å². The number of anilines is 1. The molecule has 2 aromatic carbocycles. The van der Waals surface area contributed by atoms with E-state index in [2.05, 4.69) is 17.5 Å². The Morgan fingerprint density at radius 2 is 2.00 bits per heavy atom. The van der Waals surface area contributed by atoms with Gasteiger partial charge in [0.15, 0.2) is 0 Å². The van der Waals surface area contributed by atoms with Gasteiger partial charge in [0.1, 0.15) is 0 Å². The summed E-state index contributed by atoms with van der Waals surface area (Å²) in [7, 11) is 0. The lowest BCUT2D eigenvalue weighted by Crippen LogP contribution is -2.30. The van der Waals surface area contributed by atoms with E-state index < -0.39 is 0 Å². The first kappa shape index (κ1) is 16.4. The summed E-state index contributed by atoms with van der Waals surface area (Å²) < 4.78 is 0. The van der Waals surface area contributed by atoms with Crippen LogP contribution in [0.15, 0.2) is 42.5 Å². The second-order valence-corrected chi connectivity index (χ2v) is 7.33. The van der Waals surface area contributed by atoms with Crippen molar-refractivity contribution in [1.29, 1.82) is 0 Å². The highest BCUT2D eigenvalue weighted by Crippen LogP contribution is 2.52. The fourth-order valence-electron chi connectivity index (χ4n) is 4.07. The Balaban J connectivity index is 1.87. The monoisotopic (exact) mass is 374 g/mol. The Labute approximate surface area is 155 Å². The number of fused-ring (bicyclic) bond motifs is 3. The molecule has 6 heteroatoms. The summed E-state index contributed by atoms with van der Waals surface area (Å²) in [5.74, 6) is 0.528. The first-order valence-electron chi connectivity index (χ1n) is 8.14. The van der Waals surface area contributed by atoms with Crippen LogP contribution >= 0.6 is 23.2 Å². The lowest BCUT2D eigenvalue weighted by atomic mass is 9.76. The average molecular weight is 375 g/mol. The van der Waals surface area contributed by atoms with Gasteiger partial charge in [-0.05, 0) is 42.5 Å². The van der Waals surface area contributed by atoms with E-state index in [9.17, 15) is 10.1 Å². The van der Waals surface area contributed by atoms with Crippen molar-refractivity contribution in [3.8, 4) is 0 Å². The van der Waals surface area contributed by atoms with Crippen molar-refractivity contribution in [1.82, 2.24) is 0 Å². The van der Waals surface area contributed by atoms with Crippen LogP contribution in [0, 0.1) is 23.0 Å². The molecule has 0 amide bonds. The summed E-state index contributed by atoms with van der Waals surface area (Å²) >= 11 is 12.7. The van der Waals surface area contributed by atoms with Gasteiger partial charge in [-0.2, -0.15) is 0 Å². The minimum absolute atomic E-state index is 0.0422. The summed E-state index contributed by atoms with van der Waals surface area (Å²) in [5.41, 5.74) is 3.66. The molecule has 1 heterocycles. The highest BCUT2D eigenvalue weighted by Gasteiger charge is 2.40. The molecule has 2 aliphatic rings. The molecule has 1 N–H and O–H groups in total. The molecule has 0 fully saturated rings. The predicted octanol–water partition coefficient (Wildman–Crippen LogP) is 6.04. The lowest BCUT2D eigenvalue weighted by Gasteiger charge is -2.38. The summed E-state index contributed by atoms with van der Waals surface area (Å²) in [6, 6.07) is 9.06. The molecule has 0 saturated carbocycles. The maximum Gasteiger partial charge on any atom is 0.274 e. The summed E-state index contributed by atoms with van der Waals surface area (Å²) in [6.07, 6.45) is 5.30. The van der Waals surface area contributed by atoms with Crippen molar-refractivity contribution in [3.05, 3.63) is 79.3 Å². The maximum atomic E-state index is 11.3. The molecule has 4 nitrogen and oxygen atoms in total. The number of benzene rings is 2. The zero-order valence-electron chi connectivity index (χ0n) is 13.5. The molecule has 1 aliphatic heterocycles. The van der Waals surface area contributed by atoms with Crippen LogP contribution < -0.4 is 5.32 Å². The maximum absolute atomic E-state index is 11.3. The Morgan fingerprint density at radius 1 is 1.20 bits per heavy atom. The number of hydrogen-bond acceptors (Lipinski definition) is 3. The van der Waals surface area contributed by atoms with E-state index in [4.69, 9.17) is 23.2 Å². The van der Waals surface area contributed by atoms with E-state index in [0.29, 0.717) is 21.5 Å². The molecular weight excluding hydrogens is 359 g/mol. The van der Waals surface area contributed by atoms with E-state index in [1.807, 2.05) is 18.2 Å². The van der Waals surface area contributed by atoms with E-state index >= 15 is 0 Å². The first-order chi connectivity index (χ1) is 12.0. The second-order valence-electron chi connectivity index (χ2n) is 6.55. The van der Waals surface area contributed by atoms with Gasteiger partial charge >= 0.3 is 0 Å². The van der Waals surface area contributed by atoms with Crippen molar-refractivity contribution >= 4 is 34.6 Å². The standard InChI is InChI=1S/C19H16Cl2N2O2/c1-10-16(23(24)25)9-8-13-11-4-2-5-12(11)19(22-18(10)13)14-6-3-7-15(20)17(14)21/h2-4,6-9,11-12,19,22H,5H2,1H3. The Bertz CT molecular complexity index is 911. The number of nitrogens with zero attached hydrogens (tertiary/aromatic N) is 1. The van der Waals surface area contributed by atoms with Crippen LogP contribution in [0.4, 0.5) is 11.4 Å². The van der Waals surface area contributed by atoms with Gasteiger partial charge in [0.2, 0.25) is 0 Å². The molecule has 0 aromatic heterocycles. The third kappa shape index (κ3) is 2.52. The summed E-state index contributed by atoms with van der Waals surface area (Å²) in [6.45, 7) is 1.79. The van der Waals surface area contributed by atoms with Gasteiger partial charge in [-0.3, -0.25) is 10.1 Å². The van der Waals surface area contributed by atoms with Crippen LogP contribution in [0.25, 0.3) is 0 Å². The fraction of sp³-hybridized carbons (Fsp3) is 0.263. The quantitative estimate of drug-likeness (QED) is 0.396. The van der Waals surface area contributed by atoms with Crippen molar-refractivity contribution in [2.45, 2.75) is 25.3 Å². The molecule has 0 spiro atoms. The van der Waals surface area contributed by atoms with Gasteiger partial charge < -0.3 is 5.32 Å². The van der Waals surface area contributed by atoms with Gasteiger partial charge in [0, 0.05) is 17.7 Å². The molecule has 0 saturated heterocycles. The van der Waals surface area contributed by atoms with E-state index in [0.717, 1.165) is 23.2 Å². The topological polar surface area (TPSA) is 55.2 Å². The Kier molecular flexibility index (Phi) is 3.97. The van der Waals surface area contributed by atoms with Gasteiger partial charge in [-0.15, -0.1) is 0 Å².